The van der Waals surface area contributed by atoms with Gasteiger partial charge < -0.3 is 9.67 Å². The Morgan fingerprint density at radius 1 is 1.32 bits per heavy atom. The zero-order valence-electron chi connectivity index (χ0n) is 11.8. The van der Waals surface area contributed by atoms with Crippen LogP contribution in [0.15, 0.2) is 35.6 Å². The number of nitrogens with zero attached hydrogens (tertiary/aromatic N) is 4. The highest BCUT2D eigenvalue weighted by Gasteiger charge is 2.18. The van der Waals surface area contributed by atoms with Gasteiger partial charge in [-0.25, -0.2) is 9.97 Å². The van der Waals surface area contributed by atoms with Gasteiger partial charge in [0.15, 0.2) is 5.16 Å². The third kappa shape index (κ3) is 2.59. The normalized spacial score (nSPS) is 11.7. The summed E-state index contributed by atoms with van der Waals surface area (Å²) >= 11 is 1.31. The van der Waals surface area contributed by atoms with E-state index in [1.54, 1.807) is 42.1 Å². The van der Waals surface area contributed by atoms with Crippen LogP contribution in [-0.2, 0) is 19.4 Å². The lowest BCUT2D eigenvalue weighted by atomic mass is 10.3. The van der Waals surface area contributed by atoms with Crippen molar-refractivity contribution in [3.05, 3.63) is 42.0 Å². The van der Waals surface area contributed by atoms with Crippen molar-refractivity contribution in [2.75, 3.05) is 0 Å². The summed E-state index contributed by atoms with van der Waals surface area (Å²) in [5.74, 6) is 0.573. The van der Waals surface area contributed by atoms with Crippen molar-refractivity contribution in [3.63, 3.8) is 0 Å². The van der Waals surface area contributed by atoms with Gasteiger partial charge in [0.05, 0.1) is 35.3 Å². The number of imidazole rings is 2. The molecule has 0 saturated heterocycles. The van der Waals surface area contributed by atoms with Crippen LogP contribution in [0.3, 0.4) is 0 Å². The molecule has 0 aliphatic rings. The lowest BCUT2D eigenvalue weighted by molar-refractivity contribution is 0.0722. The highest BCUT2D eigenvalue weighted by atomic mass is 32.2. The zero-order valence-corrected chi connectivity index (χ0v) is 12.6. The molecule has 116 valence electrons. The molecule has 5 nitrogen and oxygen atoms in total. The van der Waals surface area contributed by atoms with E-state index in [4.69, 9.17) is 5.11 Å². The van der Waals surface area contributed by atoms with Gasteiger partial charge in [-0.1, -0.05) is 23.9 Å². The molecule has 0 unspecified atom stereocenters. The summed E-state index contributed by atoms with van der Waals surface area (Å²) in [6.45, 7) is -2.75. The number of aliphatic hydroxyl groups is 1. The Kier molecular flexibility index (Phi) is 4.12. The van der Waals surface area contributed by atoms with Gasteiger partial charge in [0.2, 0.25) is 0 Å². The number of rotatable bonds is 5. The molecule has 0 aliphatic heterocycles. The second kappa shape index (κ2) is 6.05. The van der Waals surface area contributed by atoms with Crippen molar-refractivity contribution in [1.82, 2.24) is 19.1 Å². The van der Waals surface area contributed by atoms with Gasteiger partial charge in [0, 0.05) is 7.05 Å². The molecule has 8 heteroatoms. The zero-order chi connectivity index (χ0) is 15.7. The minimum absolute atomic E-state index is 0.112. The molecule has 0 atom stereocenters. The van der Waals surface area contributed by atoms with E-state index in [9.17, 15) is 8.78 Å². The Bertz CT molecular complexity index is 799. The van der Waals surface area contributed by atoms with Crippen LogP contribution in [0, 0.1) is 0 Å². The number of benzene rings is 1. The van der Waals surface area contributed by atoms with E-state index in [-0.39, 0.29) is 12.4 Å². The Hall–Kier alpha value is -1.93. The Morgan fingerprint density at radius 2 is 2.09 bits per heavy atom. The molecule has 1 aromatic carbocycles. The second-order valence-corrected chi connectivity index (χ2v) is 5.64. The number of halogens is 2. The fourth-order valence-electron chi connectivity index (χ4n) is 2.25. The van der Waals surface area contributed by atoms with Crippen molar-refractivity contribution >= 4 is 22.8 Å². The number of thioether (sulfide) groups is 1. The molecule has 2 aromatic heterocycles. The molecule has 0 fully saturated rings. The van der Waals surface area contributed by atoms with Crippen LogP contribution < -0.4 is 0 Å². The molecule has 3 aromatic rings. The van der Waals surface area contributed by atoms with Crippen LogP contribution in [-0.4, -0.2) is 24.2 Å². The molecule has 0 spiro atoms. The minimum atomic E-state index is -2.64. The average Bonchev–Trinajstić information content (AvgIpc) is 3.05. The molecular weight excluding hydrogens is 310 g/mol. The molecule has 3 rings (SSSR count). The van der Waals surface area contributed by atoms with E-state index in [1.165, 1.54) is 11.8 Å². The van der Waals surface area contributed by atoms with Crippen LogP contribution in [0.4, 0.5) is 8.78 Å². The highest BCUT2D eigenvalue weighted by molar-refractivity contribution is 7.98. The van der Waals surface area contributed by atoms with Crippen molar-refractivity contribution in [2.45, 2.75) is 24.1 Å². The van der Waals surface area contributed by atoms with Crippen LogP contribution in [0.2, 0.25) is 0 Å². The largest absolute Gasteiger partial charge is 0.390 e. The number of hydrogen-bond donors (Lipinski definition) is 1. The van der Waals surface area contributed by atoms with Crippen LogP contribution in [0.5, 0.6) is 0 Å². The lowest BCUT2D eigenvalue weighted by Gasteiger charge is -2.08. The van der Waals surface area contributed by atoms with Crippen LogP contribution in [0.1, 0.15) is 18.1 Å². The minimum Gasteiger partial charge on any atom is -0.390 e. The molecule has 0 amide bonds. The summed E-state index contributed by atoms with van der Waals surface area (Å²) in [5, 5.41) is 9.79. The van der Waals surface area contributed by atoms with E-state index in [1.807, 2.05) is 0 Å². The number of fused-ring (bicyclic) bond motifs is 1. The summed E-state index contributed by atoms with van der Waals surface area (Å²) in [5.41, 5.74) is 1.64. The highest BCUT2D eigenvalue weighted by Crippen LogP contribution is 2.28. The van der Waals surface area contributed by atoms with Crippen molar-refractivity contribution in [1.29, 1.82) is 0 Å². The van der Waals surface area contributed by atoms with Gasteiger partial charge in [0.25, 0.3) is 0 Å². The van der Waals surface area contributed by atoms with Gasteiger partial charge in [-0.15, -0.1) is 0 Å². The van der Waals surface area contributed by atoms with Gasteiger partial charge >= 0.3 is 6.55 Å². The summed E-state index contributed by atoms with van der Waals surface area (Å²) in [6, 6.07) is 6.83. The average molecular weight is 324 g/mol. The Labute approximate surface area is 129 Å². The summed E-state index contributed by atoms with van der Waals surface area (Å²) < 4.78 is 29.3. The van der Waals surface area contributed by atoms with E-state index < -0.39 is 6.55 Å². The Morgan fingerprint density at radius 3 is 2.77 bits per heavy atom. The van der Waals surface area contributed by atoms with Gasteiger partial charge in [-0.05, 0) is 12.1 Å². The molecular formula is C14H14F2N4OS. The SMILES string of the molecule is Cn1c(CO)cnc1SCc1nc2ccccc2n1C(F)F. The standard InChI is InChI=1S/C14H14F2N4OS/c1-19-9(7-21)6-17-14(19)22-8-12-18-10-4-2-3-5-11(10)20(12)13(15)16/h2-6,13,21H,7-8H2,1H3. The Balaban J connectivity index is 1.90. The lowest BCUT2D eigenvalue weighted by Crippen LogP contribution is -2.04. The molecule has 0 saturated carbocycles. The van der Waals surface area contributed by atoms with Crippen molar-refractivity contribution in [2.24, 2.45) is 7.05 Å². The smallest absolute Gasteiger partial charge is 0.320 e. The first-order valence-corrected chi connectivity index (χ1v) is 7.58. The van der Waals surface area contributed by atoms with E-state index in [2.05, 4.69) is 9.97 Å². The fraction of sp³-hybridized carbons (Fsp3) is 0.286. The first-order chi connectivity index (χ1) is 10.6. The predicted molar refractivity (Wildman–Crippen MR) is 79.7 cm³/mol. The topological polar surface area (TPSA) is 55.9 Å². The number of aromatic nitrogens is 4. The maximum absolute atomic E-state index is 13.3. The molecule has 2 heterocycles. The first kappa shape index (κ1) is 15.0. The third-order valence-electron chi connectivity index (χ3n) is 3.40. The molecule has 1 N–H and O–H groups in total. The molecule has 0 radical (unpaired) electrons. The van der Waals surface area contributed by atoms with Crippen molar-refractivity contribution < 1.29 is 13.9 Å². The van der Waals surface area contributed by atoms with Gasteiger partial charge in [-0.3, -0.25) is 4.57 Å². The summed E-state index contributed by atoms with van der Waals surface area (Å²) in [6.07, 6.45) is 1.57. The van der Waals surface area contributed by atoms with E-state index >= 15 is 0 Å². The maximum Gasteiger partial charge on any atom is 0.320 e. The number of para-hydroxylation sites is 2. The third-order valence-corrected chi connectivity index (χ3v) is 4.44. The molecule has 22 heavy (non-hydrogen) atoms. The van der Waals surface area contributed by atoms with E-state index in [0.29, 0.717) is 27.7 Å². The first-order valence-electron chi connectivity index (χ1n) is 6.60. The van der Waals surface area contributed by atoms with E-state index in [0.717, 1.165) is 4.57 Å². The second-order valence-electron chi connectivity index (χ2n) is 4.70. The van der Waals surface area contributed by atoms with Gasteiger partial charge in [-0.2, -0.15) is 8.78 Å². The maximum atomic E-state index is 13.3. The molecule has 0 aliphatic carbocycles. The number of hydrogen-bond acceptors (Lipinski definition) is 4. The quantitative estimate of drug-likeness (QED) is 0.733. The summed E-state index contributed by atoms with van der Waals surface area (Å²) in [4.78, 5) is 8.45. The van der Waals surface area contributed by atoms with Crippen LogP contribution in [0.25, 0.3) is 11.0 Å². The van der Waals surface area contributed by atoms with Gasteiger partial charge in [0.1, 0.15) is 5.82 Å². The van der Waals surface area contributed by atoms with Crippen LogP contribution >= 0.6 is 11.8 Å². The predicted octanol–water partition coefficient (Wildman–Crippen LogP) is 2.95. The number of aliphatic hydroxyl groups excluding tert-OH is 1. The number of alkyl halides is 2. The fourth-order valence-corrected chi connectivity index (χ4v) is 3.15. The molecule has 0 bridgehead atoms. The monoisotopic (exact) mass is 324 g/mol. The summed E-state index contributed by atoms with van der Waals surface area (Å²) in [7, 11) is 1.77. The van der Waals surface area contributed by atoms with Crippen molar-refractivity contribution in [3.8, 4) is 0 Å².